The number of hydrogen-bond acceptors (Lipinski definition) is 12. The Balaban J connectivity index is 5.80. The van der Waals surface area contributed by atoms with Gasteiger partial charge >= 0.3 is 0 Å². The highest BCUT2D eigenvalue weighted by molar-refractivity contribution is 7.86. The van der Waals surface area contributed by atoms with E-state index < -0.39 is 42.5 Å². The minimum atomic E-state index is -4.34. The molecule has 0 saturated heterocycles. The van der Waals surface area contributed by atoms with Gasteiger partial charge in [0.15, 0.2) is 6.23 Å². The lowest BCUT2D eigenvalue weighted by Gasteiger charge is -2.33. The summed E-state index contributed by atoms with van der Waals surface area (Å²) in [5.74, 6) is -3.00. The van der Waals surface area contributed by atoms with E-state index in [0.717, 1.165) is 0 Å². The van der Waals surface area contributed by atoms with E-state index in [9.17, 15) is 25.3 Å². The lowest BCUT2D eigenvalue weighted by Crippen LogP contribution is -2.64. The molecule has 0 rings (SSSR count). The van der Waals surface area contributed by atoms with Gasteiger partial charge in [-0.2, -0.15) is 25.3 Å². The quantitative estimate of drug-likeness (QED) is 0.247. The first-order valence-corrected chi connectivity index (χ1v) is 10.9. The van der Waals surface area contributed by atoms with E-state index >= 15 is 0 Å². The summed E-state index contributed by atoms with van der Waals surface area (Å²) < 4.78 is 80.6. The molecule has 0 aliphatic rings. The predicted octanol–water partition coefficient (Wildman–Crippen LogP) is -3.60. The Kier molecular flexibility index (Phi) is 7.32. The van der Waals surface area contributed by atoms with Crippen molar-refractivity contribution in [2.24, 2.45) is 11.5 Å². The van der Waals surface area contributed by atoms with Crippen molar-refractivity contribution in [2.45, 2.75) is 12.1 Å². The van der Waals surface area contributed by atoms with Crippen molar-refractivity contribution in [3.8, 4) is 0 Å². The Morgan fingerprint density at radius 2 is 1.36 bits per heavy atom. The van der Waals surface area contributed by atoms with Gasteiger partial charge in [-0.15, -0.1) is 0 Å². The van der Waals surface area contributed by atoms with Crippen LogP contribution in [0.25, 0.3) is 0 Å². The van der Waals surface area contributed by atoms with Crippen LogP contribution in [0, 0.1) is 0 Å². The minimum absolute atomic E-state index is 0.0303. The maximum Gasteiger partial charge on any atom is 0.298 e. The first kappa shape index (κ1) is 21.6. The van der Waals surface area contributed by atoms with E-state index in [0.29, 0.717) is 18.8 Å². The summed E-state index contributed by atoms with van der Waals surface area (Å²) in [5, 5.41) is 2.28. The normalized spacial score (nSPS) is 15.7. The Morgan fingerprint density at radius 3 is 1.64 bits per heavy atom. The van der Waals surface area contributed by atoms with Crippen molar-refractivity contribution in [2.75, 3.05) is 31.9 Å². The molecule has 0 saturated carbocycles. The van der Waals surface area contributed by atoms with Crippen LogP contribution >= 0.6 is 0 Å². The number of rotatable bonds is 10. The molecular formula is C7H19N3O9S3. The summed E-state index contributed by atoms with van der Waals surface area (Å²) in [7, 11) is -12.9. The summed E-state index contributed by atoms with van der Waals surface area (Å²) in [5.41, 5.74) is 10.7. The zero-order valence-electron chi connectivity index (χ0n) is 12.0. The molecule has 0 spiro atoms. The zero-order chi connectivity index (χ0) is 17.8. The summed E-state index contributed by atoms with van der Waals surface area (Å²) in [6.07, 6.45) is -0.261. The highest BCUT2D eigenvalue weighted by atomic mass is 32.2. The maximum atomic E-state index is 11.2. The van der Waals surface area contributed by atoms with Crippen LogP contribution in [0.4, 0.5) is 0 Å². The molecule has 1 atom stereocenters. The van der Waals surface area contributed by atoms with Crippen LogP contribution in [-0.2, 0) is 42.9 Å². The van der Waals surface area contributed by atoms with Gasteiger partial charge in [-0.1, -0.05) is 0 Å². The summed E-state index contributed by atoms with van der Waals surface area (Å²) in [6, 6.07) is 0. The molecule has 22 heavy (non-hydrogen) atoms. The second kappa shape index (κ2) is 7.45. The third-order valence-electron chi connectivity index (χ3n) is 1.67. The molecule has 0 aromatic heterocycles. The smallest absolute Gasteiger partial charge is 0.298 e. The van der Waals surface area contributed by atoms with Crippen molar-refractivity contribution in [1.29, 1.82) is 0 Å². The Hall–Kier alpha value is -0.390. The lowest BCUT2D eigenvalue weighted by molar-refractivity contribution is -0.174. The highest BCUT2D eigenvalue weighted by Crippen LogP contribution is 2.19. The van der Waals surface area contributed by atoms with Crippen LogP contribution in [0.1, 0.15) is 0 Å². The van der Waals surface area contributed by atoms with E-state index in [4.69, 9.17) is 11.5 Å². The lowest BCUT2D eigenvalue weighted by atomic mass is 10.4. The molecule has 0 aromatic rings. The Labute approximate surface area is 129 Å². The standard InChI is InChI=1S/C7H19N3O9S3/c1-20(11,12)17-6(10-5-4-8)7(9,18-21(2,13)14)19-22(3,15)16/h6,10H,4-5,8-9H2,1-3H3. The molecule has 0 heterocycles. The fourth-order valence-electron chi connectivity index (χ4n) is 1.21. The van der Waals surface area contributed by atoms with Gasteiger partial charge in [-0.05, 0) is 0 Å². The molecule has 5 N–H and O–H groups in total. The number of hydrogen-bond donors (Lipinski definition) is 3. The molecule has 0 radical (unpaired) electrons. The maximum absolute atomic E-state index is 11.2. The predicted molar refractivity (Wildman–Crippen MR) is 75.5 cm³/mol. The van der Waals surface area contributed by atoms with E-state index in [1.165, 1.54) is 0 Å². The van der Waals surface area contributed by atoms with Gasteiger partial charge in [0.25, 0.3) is 36.3 Å². The van der Waals surface area contributed by atoms with Crippen LogP contribution in [0.5, 0.6) is 0 Å². The molecule has 15 heteroatoms. The van der Waals surface area contributed by atoms with Crippen molar-refractivity contribution in [3.05, 3.63) is 0 Å². The zero-order valence-corrected chi connectivity index (χ0v) is 14.5. The largest absolute Gasteiger partial charge is 0.329 e. The van der Waals surface area contributed by atoms with Crippen LogP contribution in [0.15, 0.2) is 0 Å². The molecular weight excluding hydrogens is 366 g/mol. The second-order valence-corrected chi connectivity index (χ2v) is 8.97. The van der Waals surface area contributed by atoms with Crippen molar-refractivity contribution >= 4 is 30.4 Å². The summed E-state index contributed by atoms with van der Waals surface area (Å²) >= 11 is 0. The number of nitrogens with one attached hydrogen (secondary N) is 1. The van der Waals surface area contributed by atoms with Gasteiger partial charge in [0, 0.05) is 13.1 Å². The fourth-order valence-corrected chi connectivity index (χ4v) is 2.99. The molecule has 0 bridgehead atoms. The monoisotopic (exact) mass is 385 g/mol. The minimum Gasteiger partial charge on any atom is -0.329 e. The first-order valence-electron chi connectivity index (χ1n) is 5.50. The van der Waals surface area contributed by atoms with Crippen LogP contribution in [0.3, 0.4) is 0 Å². The summed E-state index contributed by atoms with van der Waals surface area (Å²) in [6.45, 7) is -0.142. The molecule has 1 unspecified atom stereocenters. The molecule has 0 fully saturated rings. The third kappa shape index (κ3) is 9.59. The SMILES string of the molecule is CS(=O)(=O)OC(NCCN)C(N)(OS(C)(=O)=O)OS(C)(=O)=O. The molecule has 0 amide bonds. The van der Waals surface area contributed by atoms with Crippen LogP contribution in [-0.4, -0.2) is 69.2 Å². The summed E-state index contributed by atoms with van der Waals surface area (Å²) in [4.78, 5) is 0. The third-order valence-corrected chi connectivity index (χ3v) is 3.34. The van der Waals surface area contributed by atoms with E-state index in [-0.39, 0.29) is 13.1 Å². The Morgan fingerprint density at radius 1 is 0.955 bits per heavy atom. The number of nitrogens with two attached hydrogens (primary N) is 2. The average Bonchev–Trinajstić information content (AvgIpc) is 2.16. The van der Waals surface area contributed by atoms with Crippen molar-refractivity contribution in [1.82, 2.24) is 5.32 Å². The highest BCUT2D eigenvalue weighted by Gasteiger charge is 2.46. The van der Waals surface area contributed by atoms with Crippen LogP contribution in [0.2, 0.25) is 0 Å². The molecule has 12 nitrogen and oxygen atoms in total. The fraction of sp³-hybridized carbons (Fsp3) is 1.00. The molecule has 0 aromatic carbocycles. The van der Waals surface area contributed by atoms with Crippen molar-refractivity contribution < 1.29 is 37.8 Å². The van der Waals surface area contributed by atoms with Crippen LogP contribution < -0.4 is 16.8 Å². The van der Waals surface area contributed by atoms with Gasteiger partial charge in [0.1, 0.15) is 0 Å². The first-order chi connectivity index (χ1) is 9.58. The molecule has 0 aliphatic heterocycles. The van der Waals surface area contributed by atoms with Gasteiger partial charge in [0.05, 0.1) is 18.8 Å². The van der Waals surface area contributed by atoms with E-state index in [2.05, 4.69) is 17.9 Å². The van der Waals surface area contributed by atoms with Gasteiger partial charge in [0.2, 0.25) is 0 Å². The van der Waals surface area contributed by atoms with Gasteiger partial charge < -0.3 is 5.73 Å². The Bertz CT molecular complexity index is 635. The van der Waals surface area contributed by atoms with Gasteiger partial charge in [-0.3, -0.25) is 11.1 Å². The molecule has 134 valence electrons. The average molecular weight is 385 g/mol. The second-order valence-electron chi connectivity index (χ2n) is 4.22. The van der Waals surface area contributed by atoms with E-state index in [1.807, 2.05) is 0 Å². The topological polar surface area (TPSA) is 194 Å². The molecule has 0 aliphatic carbocycles. The van der Waals surface area contributed by atoms with Gasteiger partial charge in [-0.25, -0.2) is 12.5 Å². The van der Waals surface area contributed by atoms with E-state index in [1.54, 1.807) is 0 Å². The van der Waals surface area contributed by atoms with Crippen molar-refractivity contribution in [3.63, 3.8) is 0 Å².